The summed E-state index contributed by atoms with van der Waals surface area (Å²) in [5, 5.41) is 5.92. The van der Waals surface area contributed by atoms with Crippen molar-refractivity contribution in [1.82, 2.24) is 9.88 Å². The molecule has 0 saturated carbocycles. The summed E-state index contributed by atoms with van der Waals surface area (Å²) >= 11 is 0. The van der Waals surface area contributed by atoms with Crippen LogP contribution in [0.2, 0.25) is 0 Å². The minimum Gasteiger partial charge on any atom is -0.376 e. The first-order chi connectivity index (χ1) is 15.0. The molecule has 2 aromatic rings. The van der Waals surface area contributed by atoms with E-state index in [1.165, 1.54) is 5.01 Å². The van der Waals surface area contributed by atoms with Gasteiger partial charge >= 0.3 is 0 Å². The van der Waals surface area contributed by atoms with Gasteiger partial charge in [0.1, 0.15) is 5.71 Å². The van der Waals surface area contributed by atoms with E-state index >= 15 is 0 Å². The third kappa shape index (κ3) is 4.99. The molecule has 7 heteroatoms. The number of carbonyl (C=O) groups is 2. The standard InChI is InChI=1S/C24H28N4O3/c1-17-7-8-18(2)22(13-17)28-23(29)10-9-21(26-28)24(30)27(16-20-6-4-12-31-20)15-19-5-3-11-25-14-19/h3,5,7-8,11,13-14,20H,4,6,9-10,12,15-16H2,1-2H3. The second-order valence-corrected chi connectivity index (χ2v) is 8.22. The van der Waals surface area contributed by atoms with E-state index in [1.54, 1.807) is 17.3 Å². The molecule has 7 nitrogen and oxygen atoms in total. The number of hydrogen-bond donors (Lipinski definition) is 0. The summed E-state index contributed by atoms with van der Waals surface area (Å²) in [6.07, 6.45) is 6.07. The number of pyridine rings is 1. The molecule has 0 aliphatic carbocycles. The summed E-state index contributed by atoms with van der Waals surface area (Å²) in [5.74, 6) is -0.245. The van der Waals surface area contributed by atoms with Crippen molar-refractivity contribution in [2.75, 3.05) is 18.2 Å². The predicted octanol–water partition coefficient (Wildman–Crippen LogP) is 3.39. The topological polar surface area (TPSA) is 75.1 Å². The number of carbonyl (C=O) groups excluding carboxylic acids is 2. The lowest BCUT2D eigenvalue weighted by Crippen LogP contribution is -2.44. The average Bonchev–Trinajstić information content (AvgIpc) is 3.29. The largest absolute Gasteiger partial charge is 0.376 e. The van der Waals surface area contributed by atoms with Crippen LogP contribution in [0.25, 0.3) is 0 Å². The summed E-state index contributed by atoms with van der Waals surface area (Å²) in [6.45, 7) is 5.59. The first kappa shape index (κ1) is 21.2. The van der Waals surface area contributed by atoms with Crippen molar-refractivity contribution in [1.29, 1.82) is 0 Å². The molecule has 0 spiro atoms. The van der Waals surface area contributed by atoms with Gasteiger partial charge in [0.15, 0.2) is 0 Å². The van der Waals surface area contributed by atoms with Crippen LogP contribution in [0, 0.1) is 13.8 Å². The zero-order valence-electron chi connectivity index (χ0n) is 18.1. The smallest absolute Gasteiger partial charge is 0.270 e. The molecule has 1 aromatic heterocycles. The van der Waals surface area contributed by atoms with Crippen molar-refractivity contribution in [2.24, 2.45) is 5.10 Å². The van der Waals surface area contributed by atoms with Crippen LogP contribution in [-0.2, 0) is 20.9 Å². The first-order valence-corrected chi connectivity index (χ1v) is 10.8. The van der Waals surface area contributed by atoms with Crippen LogP contribution >= 0.6 is 0 Å². The minimum absolute atomic E-state index is 0.0292. The number of ether oxygens (including phenoxy) is 1. The summed E-state index contributed by atoms with van der Waals surface area (Å²) in [7, 11) is 0. The molecule has 1 atom stereocenters. The highest BCUT2D eigenvalue weighted by Crippen LogP contribution is 2.26. The Morgan fingerprint density at radius 3 is 2.87 bits per heavy atom. The van der Waals surface area contributed by atoms with Crippen molar-refractivity contribution in [3.05, 3.63) is 59.4 Å². The van der Waals surface area contributed by atoms with E-state index < -0.39 is 0 Å². The zero-order chi connectivity index (χ0) is 21.8. The van der Waals surface area contributed by atoms with Crippen LogP contribution < -0.4 is 5.01 Å². The number of hydrazone groups is 1. The van der Waals surface area contributed by atoms with E-state index in [9.17, 15) is 9.59 Å². The van der Waals surface area contributed by atoms with Gasteiger partial charge in [-0.2, -0.15) is 5.10 Å². The highest BCUT2D eigenvalue weighted by Gasteiger charge is 2.31. The molecule has 0 radical (unpaired) electrons. The molecule has 1 unspecified atom stereocenters. The first-order valence-electron chi connectivity index (χ1n) is 10.8. The number of anilines is 1. The number of rotatable bonds is 6. The average molecular weight is 421 g/mol. The van der Waals surface area contributed by atoms with Gasteiger partial charge in [0.05, 0.1) is 11.8 Å². The van der Waals surface area contributed by atoms with E-state index in [2.05, 4.69) is 10.1 Å². The second kappa shape index (κ2) is 9.39. The van der Waals surface area contributed by atoms with Crippen molar-refractivity contribution < 1.29 is 14.3 Å². The SMILES string of the molecule is Cc1ccc(C)c(N2N=C(C(=O)N(Cc3cccnc3)CC3CCCO3)CCC2=O)c1. The molecule has 2 amide bonds. The van der Waals surface area contributed by atoms with Gasteiger partial charge in [-0.15, -0.1) is 0 Å². The summed E-state index contributed by atoms with van der Waals surface area (Å²) in [6, 6.07) is 9.72. The maximum absolute atomic E-state index is 13.5. The van der Waals surface area contributed by atoms with E-state index in [0.29, 0.717) is 25.2 Å². The number of hydrogen-bond acceptors (Lipinski definition) is 5. The Balaban J connectivity index is 1.61. The van der Waals surface area contributed by atoms with E-state index in [-0.39, 0.29) is 24.3 Å². The second-order valence-electron chi connectivity index (χ2n) is 8.22. The summed E-state index contributed by atoms with van der Waals surface area (Å²) < 4.78 is 5.78. The van der Waals surface area contributed by atoms with Crippen molar-refractivity contribution in [2.45, 2.75) is 52.2 Å². The van der Waals surface area contributed by atoms with Gasteiger partial charge in [-0.3, -0.25) is 14.6 Å². The van der Waals surface area contributed by atoms with Gasteiger partial charge in [0.2, 0.25) is 5.91 Å². The lowest BCUT2D eigenvalue weighted by atomic mass is 10.1. The third-order valence-corrected chi connectivity index (χ3v) is 5.70. The third-order valence-electron chi connectivity index (χ3n) is 5.70. The molecule has 0 bridgehead atoms. The molecule has 31 heavy (non-hydrogen) atoms. The lowest BCUT2D eigenvalue weighted by Gasteiger charge is -2.29. The molecular formula is C24H28N4O3. The maximum Gasteiger partial charge on any atom is 0.270 e. The molecule has 1 fully saturated rings. The fraction of sp³-hybridized carbons (Fsp3) is 0.417. The van der Waals surface area contributed by atoms with Gasteiger partial charge in [0.25, 0.3) is 5.91 Å². The predicted molar refractivity (Wildman–Crippen MR) is 119 cm³/mol. The molecule has 2 aliphatic heterocycles. The number of aryl methyl sites for hydroxylation is 2. The highest BCUT2D eigenvalue weighted by molar-refractivity contribution is 6.40. The van der Waals surface area contributed by atoms with Gasteiger partial charge in [-0.05, 0) is 55.5 Å². The quantitative estimate of drug-likeness (QED) is 0.718. The summed E-state index contributed by atoms with van der Waals surface area (Å²) in [5.41, 5.74) is 4.07. The number of amides is 2. The lowest BCUT2D eigenvalue weighted by molar-refractivity contribution is -0.126. The van der Waals surface area contributed by atoms with Crippen molar-refractivity contribution in [3.63, 3.8) is 0 Å². The molecule has 1 aromatic carbocycles. The van der Waals surface area contributed by atoms with Crippen LogP contribution in [-0.4, -0.2) is 46.7 Å². The van der Waals surface area contributed by atoms with Gasteiger partial charge < -0.3 is 9.64 Å². The molecule has 1 saturated heterocycles. The Morgan fingerprint density at radius 2 is 2.13 bits per heavy atom. The van der Waals surface area contributed by atoms with Crippen LogP contribution in [0.1, 0.15) is 42.4 Å². The molecule has 0 N–H and O–H groups in total. The van der Waals surface area contributed by atoms with Gasteiger partial charge in [-0.25, -0.2) is 5.01 Å². The highest BCUT2D eigenvalue weighted by atomic mass is 16.5. The van der Waals surface area contributed by atoms with Crippen LogP contribution in [0.4, 0.5) is 5.69 Å². The van der Waals surface area contributed by atoms with Gasteiger partial charge in [0, 0.05) is 44.9 Å². The Bertz CT molecular complexity index is 984. The summed E-state index contributed by atoms with van der Waals surface area (Å²) in [4.78, 5) is 32.1. The van der Waals surface area contributed by atoms with Crippen LogP contribution in [0.3, 0.4) is 0 Å². The van der Waals surface area contributed by atoms with E-state index in [1.807, 2.05) is 44.2 Å². The maximum atomic E-state index is 13.5. The Kier molecular flexibility index (Phi) is 6.42. The molecule has 3 heterocycles. The normalized spacial score (nSPS) is 18.8. The molecule has 162 valence electrons. The Labute approximate surface area is 182 Å². The number of benzene rings is 1. The van der Waals surface area contributed by atoms with Gasteiger partial charge in [-0.1, -0.05) is 18.2 Å². The van der Waals surface area contributed by atoms with Crippen LogP contribution in [0.15, 0.2) is 47.8 Å². The fourth-order valence-electron chi connectivity index (χ4n) is 3.99. The number of nitrogens with zero attached hydrogens (tertiary/aromatic N) is 4. The number of aromatic nitrogens is 1. The molecule has 4 rings (SSSR count). The Morgan fingerprint density at radius 1 is 1.26 bits per heavy atom. The zero-order valence-corrected chi connectivity index (χ0v) is 18.1. The monoisotopic (exact) mass is 420 g/mol. The minimum atomic E-state index is -0.151. The molecule has 2 aliphatic rings. The fourth-order valence-corrected chi connectivity index (χ4v) is 3.99. The van der Waals surface area contributed by atoms with E-state index in [4.69, 9.17) is 4.74 Å². The van der Waals surface area contributed by atoms with Crippen molar-refractivity contribution in [3.8, 4) is 0 Å². The van der Waals surface area contributed by atoms with E-state index in [0.717, 1.165) is 41.8 Å². The van der Waals surface area contributed by atoms with Crippen LogP contribution in [0.5, 0.6) is 0 Å². The van der Waals surface area contributed by atoms with Crippen molar-refractivity contribution >= 4 is 23.2 Å². The Hall–Kier alpha value is -3.06. The molecular weight excluding hydrogens is 392 g/mol.